The third kappa shape index (κ3) is 5.47. The monoisotopic (exact) mass is 400 g/mol. The highest BCUT2D eigenvalue weighted by atomic mass is 32.2. The maximum Gasteiger partial charge on any atom is 0.185 e. The Kier molecular flexibility index (Phi) is 7.88. The molecule has 0 spiro atoms. The van der Waals surface area contributed by atoms with E-state index in [-0.39, 0.29) is 5.41 Å². The predicted molar refractivity (Wildman–Crippen MR) is 120 cm³/mol. The first-order valence-electron chi connectivity index (χ1n) is 10.5. The first kappa shape index (κ1) is 22.7. The number of hydrogen-bond donors (Lipinski definition) is 0. The predicted octanol–water partition coefficient (Wildman–Crippen LogP) is 6.97. The van der Waals surface area contributed by atoms with Crippen LogP contribution in [0.3, 0.4) is 0 Å². The van der Waals surface area contributed by atoms with Crippen LogP contribution in [0.5, 0.6) is 0 Å². The molecule has 1 aliphatic carbocycles. The quantitative estimate of drug-likeness (QED) is 0.349. The third-order valence-corrected chi connectivity index (χ3v) is 7.95. The standard InChI is InChI=1S/C25H36O2S/c1-6-7-8-9-10-11-14-23(24-21(3)13-12-19-25(24,4)5)28(26,27)22-17-15-20(2)16-18-22/h6-7,10-11,15-18,23H,8-9,12-14,19H2,1-5H3. The molecule has 28 heavy (non-hydrogen) atoms. The third-order valence-electron chi connectivity index (χ3n) is 5.84. The SMILES string of the molecule is CC=CCCC=CCC(C1=C(C)CCCC1(C)C)S(=O)(=O)c1ccc(C)cc1. The molecule has 1 aromatic carbocycles. The Morgan fingerprint density at radius 2 is 1.68 bits per heavy atom. The highest BCUT2D eigenvalue weighted by Crippen LogP contribution is 2.45. The summed E-state index contributed by atoms with van der Waals surface area (Å²) in [5.74, 6) is 0. The van der Waals surface area contributed by atoms with Gasteiger partial charge >= 0.3 is 0 Å². The number of benzene rings is 1. The first-order valence-corrected chi connectivity index (χ1v) is 12.0. The number of allylic oxidation sites excluding steroid dienone is 5. The van der Waals surface area contributed by atoms with Gasteiger partial charge in [0.25, 0.3) is 0 Å². The zero-order chi connectivity index (χ0) is 20.8. The number of sulfone groups is 1. The van der Waals surface area contributed by atoms with Crippen LogP contribution in [0.4, 0.5) is 0 Å². The Bertz CT molecular complexity index is 837. The maximum absolute atomic E-state index is 13.7. The van der Waals surface area contributed by atoms with Crippen molar-refractivity contribution in [2.75, 3.05) is 0 Å². The van der Waals surface area contributed by atoms with E-state index in [1.807, 2.05) is 26.0 Å². The summed E-state index contributed by atoms with van der Waals surface area (Å²) in [4.78, 5) is 0.437. The van der Waals surface area contributed by atoms with Crippen LogP contribution in [0.1, 0.15) is 71.8 Å². The van der Waals surface area contributed by atoms with E-state index in [0.29, 0.717) is 11.3 Å². The highest BCUT2D eigenvalue weighted by molar-refractivity contribution is 7.92. The molecule has 0 saturated carbocycles. The van der Waals surface area contributed by atoms with Gasteiger partial charge in [0.15, 0.2) is 9.84 Å². The van der Waals surface area contributed by atoms with Crippen LogP contribution in [0.15, 0.2) is 64.6 Å². The second-order valence-electron chi connectivity index (χ2n) is 8.63. The van der Waals surface area contributed by atoms with Crippen molar-refractivity contribution >= 4 is 9.84 Å². The molecule has 0 heterocycles. The van der Waals surface area contributed by atoms with Crippen LogP contribution in [0, 0.1) is 12.3 Å². The number of hydrogen-bond acceptors (Lipinski definition) is 2. The van der Waals surface area contributed by atoms with Crippen LogP contribution < -0.4 is 0 Å². The van der Waals surface area contributed by atoms with Crippen molar-refractivity contribution in [3.8, 4) is 0 Å². The molecule has 2 nitrogen and oxygen atoms in total. The number of rotatable bonds is 8. The van der Waals surface area contributed by atoms with Gasteiger partial charge in [0.05, 0.1) is 10.1 Å². The molecule has 1 aliphatic rings. The fraction of sp³-hybridized carbons (Fsp3) is 0.520. The van der Waals surface area contributed by atoms with Crippen LogP contribution >= 0.6 is 0 Å². The van der Waals surface area contributed by atoms with Crippen LogP contribution in [0.25, 0.3) is 0 Å². The lowest BCUT2D eigenvalue weighted by molar-refractivity contribution is 0.354. The van der Waals surface area contributed by atoms with E-state index >= 15 is 0 Å². The molecule has 0 fully saturated rings. The summed E-state index contributed by atoms with van der Waals surface area (Å²) in [7, 11) is -3.44. The van der Waals surface area contributed by atoms with Crippen molar-refractivity contribution < 1.29 is 8.42 Å². The van der Waals surface area contributed by atoms with E-state index in [0.717, 1.165) is 43.2 Å². The largest absolute Gasteiger partial charge is 0.223 e. The smallest absolute Gasteiger partial charge is 0.185 e. The van der Waals surface area contributed by atoms with Crippen molar-refractivity contribution in [3.05, 3.63) is 65.3 Å². The fourth-order valence-corrected chi connectivity index (χ4v) is 6.38. The minimum absolute atomic E-state index is 0.0798. The zero-order valence-electron chi connectivity index (χ0n) is 18.2. The first-order chi connectivity index (χ1) is 13.2. The van der Waals surface area contributed by atoms with Crippen LogP contribution in [-0.4, -0.2) is 13.7 Å². The van der Waals surface area contributed by atoms with Gasteiger partial charge in [-0.15, -0.1) is 0 Å². The molecule has 0 N–H and O–H groups in total. The molecular formula is C25H36O2S. The summed E-state index contributed by atoms with van der Waals surface area (Å²) in [5, 5.41) is -0.483. The Hall–Kier alpha value is -1.61. The van der Waals surface area contributed by atoms with E-state index in [9.17, 15) is 8.42 Å². The molecule has 3 heteroatoms. The topological polar surface area (TPSA) is 34.1 Å². The van der Waals surface area contributed by atoms with Gasteiger partial charge in [-0.1, -0.05) is 61.4 Å². The molecule has 2 rings (SSSR count). The Balaban J connectivity index is 2.42. The maximum atomic E-state index is 13.7. The Morgan fingerprint density at radius 1 is 1.04 bits per heavy atom. The van der Waals surface area contributed by atoms with E-state index in [2.05, 4.69) is 45.1 Å². The van der Waals surface area contributed by atoms with Crippen molar-refractivity contribution in [2.45, 2.75) is 83.3 Å². The van der Waals surface area contributed by atoms with Crippen LogP contribution in [0.2, 0.25) is 0 Å². The lowest BCUT2D eigenvalue weighted by atomic mass is 9.71. The van der Waals surface area contributed by atoms with Gasteiger partial charge in [-0.3, -0.25) is 0 Å². The molecule has 1 unspecified atom stereocenters. The van der Waals surface area contributed by atoms with E-state index in [4.69, 9.17) is 0 Å². The van der Waals surface area contributed by atoms with Gasteiger partial charge in [0.2, 0.25) is 0 Å². The summed E-state index contributed by atoms with van der Waals surface area (Å²) in [5.41, 5.74) is 3.40. The minimum Gasteiger partial charge on any atom is -0.223 e. The van der Waals surface area contributed by atoms with Crippen molar-refractivity contribution in [2.24, 2.45) is 5.41 Å². The lowest BCUT2D eigenvalue weighted by Crippen LogP contribution is -2.34. The van der Waals surface area contributed by atoms with Gasteiger partial charge in [0.1, 0.15) is 0 Å². The zero-order valence-corrected chi connectivity index (χ0v) is 19.0. The van der Waals surface area contributed by atoms with E-state index in [1.54, 1.807) is 12.1 Å². The van der Waals surface area contributed by atoms with Crippen molar-refractivity contribution in [3.63, 3.8) is 0 Å². The molecule has 0 saturated heterocycles. The molecule has 0 aliphatic heterocycles. The molecule has 154 valence electrons. The second-order valence-corrected chi connectivity index (χ2v) is 10.8. The van der Waals surface area contributed by atoms with Gasteiger partial charge in [-0.05, 0) is 82.4 Å². The molecular weight excluding hydrogens is 364 g/mol. The summed E-state index contributed by atoms with van der Waals surface area (Å²) in [6.07, 6.45) is 14.1. The van der Waals surface area contributed by atoms with Gasteiger partial charge in [0, 0.05) is 0 Å². The van der Waals surface area contributed by atoms with Crippen molar-refractivity contribution in [1.29, 1.82) is 0 Å². The minimum atomic E-state index is -3.44. The summed E-state index contributed by atoms with van der Waals surface area (Å²) in [6, 6.07) is 7.31. The normalized spacial score (nSPS) is 18.9. The van der Waals surface area contributed by atoms with Crippen molar-refractivity contribution in [1.82, 2.24) is 0 Å². The summed E-state index contributed by atoms with van der Waals surface area (Å²) in [6.45, 7) is 10.5. The molecule has 0 amide bonds. The van der Waals surface area contributed by atoms with Gasteiger partial charge in [-0.25, -0.2) is 8.42 Å². The molecule has 0 aromatic heterocycles. The fourth-order valence-electron chi connectivity index (χ4n) is 4.34. The number of unbranched alkanes of at least 4 members (excludes halogenated alkanes) is 1. The Morgan fingerprint density at radius 3 is 2.29 bits per heavy atom. The number of aryl methyl sites for hydroxylation is 1. The lowest BCUT2D eigenvalue weighted by Gasteiger charge is -2.38. The average Bonchev–Trinajstić information content (AvgIpc) is 2.62. The average molecular weight is 401 g/mol. The highest BCUT2D eigenvalue weighted by Gasteiger charge is 2.39. The Labute approximate surface area is 172 Å². The molecule has 0 bridgehead atoms. The van der Waals surface area contributed by atoms with E-state index < -0.39 is 15.1 Å². The van der Waals surface area contributed by atoms with Crippen LogP contribution in [-0.2, 0) is 9.84 Å². The summed E-state index contributed by atoms with van der Waals surface area (Å²) >= 11 is 0. The molecule has 0 radical (unpaired) electrons. The van der Waals surface area contributed by atoms with Gasteiger partial charge < -0.3 is 0 Å². The molecule has 1 atom stereocenters. The molecule has 1 aromatic rings. The van der Waals surface area contributed by atoms with E-state index in [1.165, 1.54) is 5.57 Å². The van der Waals surface area contributed by atoms with Gasteiger partial charge in [-0.2, -0.15) is 0 Å². The second kappa shape index (κ2) is 9.73. The summed E-state index contributed by atoms with van der Waals surface area (Å²) < 4.78 is 27.3.